The molecule has 0 atom stereocenters. The van der Waals surface area contributed by atoms with Crippen LogP contribution in [0.15, 0.2) is 45.5 Å². The quantitative estimate of drug-likeness (QED) is 0.484. The topological polar surface area (TPSA) is 60.7 Å². The number of fused-ring (bicyclic) bond motifs is 1. The molecule has 0 N–H and O–H groups in total. The molecule has 2 aromatic heterocycles. The molecule has 0 amide bonds. The highest BCUT2D eigenvalue weighted by atomic mass is 32.2. The van der Waals surface area contributed by atoms with E-state index in [2.05, 4.69) is 4.98 Å². The van der Waals surface area contributed by atoms with E-state index in [0.29, 0.717) is 21.3 Å². The largest absolute Gasteiger partial charge is 0.459 e. The second-order valence-electron chi connectivity index (χ2n) is 4.98. The van der Waals surface area contributed by atoms with Gasteiger partial charge in [0.1, 0.15) is 6.61 Å². The van der Waals surface area contributed by atoms with Crippen LogP contribution in [0.25, 0.3) is 4.96 Å². The molecule has 3 rings (SSSR count). The van der Waals surface area contributed by atoms with Crippen LogP contribution < -0.4 is 5.56 Å². The summed E-state index contributed by atoms with van der Waals surface area (Å²) in [5.74, 6) is -1.92. The SMILES string of the molecule is O=C(CCSc1ccc(F)c(F)c1)OCc1cc(=O)n2ccsc2n1. The van der Waals surface area contributed by atoms with E-state index in [1.807, 2.05) is 0 Å². The molecule has 25 heavy (non-hydrogen) atoms. The van der Waals surface area contributed by atoms with Gasteiger partial charge >= 0.3 is 5.97 Å². The molecule has 3 aromatic rings. The third-order valence-corrected chi connectivity index (χ3v) is 4.96. The Labute approximate surface area is 149 Å². The van der Waals surface area contributed by atoms with Crippen molar-refractivity contribution in [1.82, 2.24) is 9.38 Å². The van der Waals surface area contributed by atoms with Crippen LogP contribution in [0.5, 0.6) is 0 Å². The van der Waals surface area contributed by atoms with Crippen LogP contribution in [0, 0.1) is 11.6 Å². The number of carbonyl (C=O) groups is 1. The fourth-order valence-corrected chi connectivity index (χ4v) is 3.60. The van der Waals surface area contributed by atoms with Crippen LogP contribution in [-0.2, 0) is 16.1 Å². The van der Waals surface area contributed by atoms with Crippen molar-refractivity contribution < 1.29 is 18.3 Å². The second-order valence-corrected chi connectivity index (χ2v) is 7.02. The highest BCUT2D eigenvalue weighted by Gasteiger charge is 2.08. The fourth-order valence-electron chi connectivity index (χ4n) is 2.01. The summed E-state index contributed by atoms with van der Waals surface area (Å²) >= 11 is 2.54. The van der Waals surface area contributed by atoms with Crippen LogP contribution in [0.4, 0.5) is 8.78 Å². The molecule has 2 heterocycles. The van der Waals surface area contributed by atoms with Gasteiger partial charge in [0.2, 0.25) is 0 Å². The molecule has 130 valence electrons. The molecule has 0 aliphatic rings. The molecule has 5 nitrogen and oxygen atoms in total. The molecule has 0 fully saturated rings. The summed E-state index contributed by atoms with van der Waals surface area (Å²) in [5, 5.41) is 1.75. The minimum atomic E-state index is -0.922. The highest BCUT2D eigenvalue weighted by molar-refractivity contribution is 7.99. The van der Waals surface area contributed by atoms with Gasteiger partial charge in [0, 0.05) is 28.3 Å². The standard InChI is InChI=1S/C16H12F2N2O3S2/c17-12-2-1-11(8-13(12)18)24-5-3-15(22)23-9-10-7-14(21)20-4-6-25-16(20)19-10/h1-2,4,6-8H,3,5,9H2. The molecular formula is C16H12F2N2O3S2. The Hall–Kier alpha value is -2.26. The number of nitrogens with zero attached hydrogens (tertiary/aromatic N) is 2. The van der Waals surface area contributed by atoms with Gasteiger partial charge in [-0.05, 0) is 18.2 Å². The molecular weight excluding hydrogens is 370 g/mol. The van der Waals surface area contributed by atoms with E-state index in [-0.39, 0.29) is 18.6 Å². The predicted molar refractivity (Wildman–Crippen MR) is 90.8 cm³/mol. The van der Waals surface area contributed by atoms with Crippen LogP contribution in [0.1, 0.15) is 12.1 Å². The molecule has 0 saturated carbocycles. The fraction of sp³-hybridized carbons (Fsp3) is 0.188. The minimum Gasteiger partial charge on any atom is -0.459 e. The number of benzene rings is 1. The minimum absolute atomic E-state index is 0.0850. The molecule has 0 spiro atoms. The number of thioether (sulfide) groups is 1. The Bertz CT molecular complexity index is 971. The van der Waals surface area contributed by atoms with Crippen LogP contribution in [0.2, 0.25) is 0 Å². The van der Waals surface area contributed by atoms with Crippen molar-refractivity contribution in [3.05, 3.63) is 63.5 Å². The monoisotopic (exact) mass is 382 g/mol. The number of hydrogen-bond donors (Lipinski definition) is 0. The summed E-state index contributed by atoms with van der Waals surface area (Å²) < 4.78 is 32.4. The molecule has 0 saturated heterocycles. The van der Waals surface area contributed by atoms with E-state index < -0.39 is 17.6 Å². The molecule has 0 unspecified atom stereocenters. The summed E-state index contributed by atoms with van der Waals surface area (Å²) in [6, 6.07) is 4.89. The third kappa shape index (κ3) is 4.43. The first-order chi connectivity index (χ1) is 12.0. The number of halogens is 2. The Morgan fingerprint density at radius 2 is 2.12 bits per heavy atom. The lowest BCUT2D eigenvalue weighted by atomic mass is 10.3. The van der Waals surface area contributed by atoms with E-state index in [1.54, 1.807) is 11.6 Å². The van der Waals surface area contributed by atoms with Gasteiger partial charge in [0.25, 0.3) is 5.56 Å². The van der Waals surface area contributed by atoms with Crippen molar-refractivity contribution >= 4 is 34.0 Å². The van der Waals surface area contributed by atoms with Crippen LogP contribution >= 0.6 is 23.1 Å². The van der Waals surface area contributed by atoms with Crippen molar-refractivity contribution in [3.8, 4) is 0 Å². The van der Waals surface area contributed by atoms with E-state index in [1.165, 1.54) is 39.6 Å². The molecule has 0 bridgehead atoms. The zero-order chi connectivity index (χ0) is 17.8. The molecule has 0 aliphatic heterocycles. The first-order valence-electron chi connectivity index (χ1n) is 7.22. The average molecular weight is 382 g/mol. The molecule has 1 aromatic carbocycles. The van der Waals surface area contributed by atoms with Gasteiger partial charge in [0.15, 0.2) is 16.6 Å². The molecule has 0 radical (unpaired) electrons. The van der Waals surface area contributed by atoms with Crippen molar-refractivity contribution in [1.29, 1.82) is 0 Å². The lowest BCUT2D eigenvalue weighted by Gasteiger charge is -2.05. The zero-order valence-corrected chi connectivity index (χ0v) is 14.4. The number of carbonyl (C=O) groups excluding carboxylic acids is 1. The van der Waals surface area contributed by atoms with Gasteiger partial charge in [-0.1, -0.05) is 0 Å². The first-order valence-corrected chi connectivity index (χ1v) is 9.09. The van der Waals surface area contributed by atoms with Crippen molar-refractivity contribution in [2.24, 2.45) is 0 Å². The van der Waals surface area contributed by atoms with Gasteiger partial charge in [-0.3, -0.25) is 14.0 Å². The maximum Gasteiger partial charge on any atom is 0.307 e. The zero-order valence-electron chi connectivity index (χ0n) is 12.8. The molecule has 9 heteroatoms. The van der Waals surface area contributed by atoms with E-state index in [0.717, 1.165) is 12.1 Å². The number of esters is 1. The Balaban J connectivity index is 1.48. The number of thiazole rings is 1. The lowest BCUT2D eigenvalue weighted by molar-refractivity contribution is -0.144. The van der Waals surface area contributed by atoms with Gasteiger partial charge in [-0.15, -0.1) is 23.1 Å². The predicted octanol–water partition coefficient (Wildman–Crippen LogP) is 3.26. The van der Waals surface area contributed by atoms with Crippen LogP contribution in [0.3, 0.4) is 0 Å². The number of hydrogen-bond acceptors (Lipinski definition) is 6. The van der Waals surface area contributed by atoms with E-state index >= 15 is 0 Å². The second kappa shape index (κ2) is 7.75. The van der Waals surface area contributed by atoms with Gasteiger partial charge < -0.3 is 4.74 Å². The Morgan fingerprint density at radius 1 is 1.28 bits per heavy atom. The number of rotatable bonds is 6. The molecule has 0 aliphatic carbocycles. The van der Waals surface area contributed by atoms with Gasteiger partial charge in [0.05, 0.1) is 12.1 Å². The summed E-state index contributed by atoms with van der Waals surface area (Å²) in [6.45, 7) is -0.0850. The van der Waals surface area contributed by atoms with Gasteiger partial charge in [-0.2, -0.15) is 0 Å². The smallest absolute Gasteiger partial charge is 0.307 e. The Morgan fingerprint density at radius 3 is 2.92 bits per heavy atom. The summed E-state index contributed by atoms with van der Waals surface area (Å²) in [5.41, 5.74) is 0.153. The lowest BCUT2D eigenvalue weighted by Crippen LogP contribution is -2.14. The first kappa shape index (κ1) is 17.6. The highest BCUT2D eigenvalue weighted by Crippen LogP contribution is 2.21. The number of ether oxygens (including phenoxy) is 1. The van der Waals surface area contributed by atoms with Crippen molar-refractivity contribution in [3.63, 3.8) is 0 Å². The van der Waals surface area contributed by atoms with E-state index in [4.69, 9.17) is 4.74 Å². The van der Waals surface area contributed by atoms with Crippen molar-refractivity contribution in [2.75, 3.05) is 5.75 Å². The maximum absolute atomic E-state index is 13.1. The summed E-state index contributed by atoms with van der Waals surface area (Å²) in [7, 11) is 0. The maximum atomic E-state index is 13.1. The third-order valence-electron chi connectivity index (χ3n) is 3.20. The average Bonchev–Trinajstić information content (AvgIpc) is 3.05. The normalized spacial score (nSPS) is 11.0. The van der Waals surface area contributed by atoms with E-state index in [9.17, 15) is 18.4 Å². The van der Waals surface area contributed by atoms with Gasteiger partial charge in [-0.25, -0.2) is 13.8 Å². The number of aromatic nitrogens is 2. The summed E-state index contributed by atoms with van der Waals surface area (Å²) in [4.78, 5) is 28.9. The Kier molecular flexibility index (Phi) is 5.44. The van der Waals surface area contributed by atoms with Crippen LogP contribution in [-0.4, -0.2) is 21.1 Å². The van der Waals surface area contributed by atoms with Crippen molar-refractivity contribution in [2.45, 2.75) is 17.9 Å². The summed E-state index contributed by atoms with van der Waals surface area (Å²) in [6.07, 6.45) is 1.73.